The van der Waals surface area contributed by atoms with E-state index in [-0.39, 0.29) is 18.5 Å². The summed E-state index contributed by atoms with van der Waals surface area (Å²) < 4.78 is 5.16. The molecule has 0 amide bonds. The van der Waals surface area contributed by atoms with Gasteiger partial charge in [-0.3, -0.25) is 10.1 Å². The van der Waals surface area contributed by atoms with Crippen LogP contribution in [0.3, 0.4) is 0 Å². The number of carbonyl (C=O) groups is 1. The van der Waals surface area contributed by atoms with Gasteiger partial charge < -0.3 is 10.1 Å². The second kappa shape index (κ2) is 3.93. The Morgan fingerprint density at radius 2 is 2.35 bits per heavy atom. The summed E-state index contributed by atoms with van der Waals surface area (Å²) in [4.78, 5) is 16.2. The molecule has 0 saturated carbocycles. The first-order chi connectivity index (χ1) is 9.75. The molecule has 2 aromatic heterocycles. The van der Waals surface area contributed by atoms with E-state index in [0.29, 0.717) is 5.57 Å². The van der Waals surface area contributed by atoms with Gasteiger partial charge >= 0.3 is 5.97 Å². The Balaban J connectivity index is 1.96. The molecule has 0 radical (unpaired) electrons. The maximum Gasteiger partial charge on any atom is 0.337 e. The van der Waals surface area contributed by atoms with Crippen LogP contribution in [0.1, 0.15) is 22.7 Å². The van der Waals surface area contributed by atoms with Gasteiger partial charge in [0.15, 0.2) is 5.82 Å². The first-order valence-electron chi connectivity index (χ1n) is 6.37. The minimum Gasteiger partial charge on any atom is -0.456 e. The molecule has 0 unspecified atom stereocenters. The monoisotopic (exact) mass is 268 g/mol. The van der Waals surface area contributed by atoms with Crippen LogP contribution in [0.4, 0.5) is 5.82 Å². The number of cyclic esters (lactones) is 1. The van der Waals surface area contributed by atoms with Crippen molar-refractivity contribution in [2.75, 3.05) is 11.9 Å². The van der Waals surface area contributed by atoms with E-state index in [1.807, 2.05) is 19.1 Å². The minimum atomic E-state index is -0.271. The molecule has 6 heteroatoms. The molecule has 2 aliphatic heterocycles. The van der Waals surface area contributed by atoms with Crippen molar-refractivity contribution in [1.82, 2.24) is 15.2 Å². The number of esters is 1. The highest BCUT2D eigenvalue weighted by Gasteiger charge is 2.40. The molecule has 0 bridgehead atoms. The molecule has 0 aromatic carbocycles. The van der Waals surface area contributed by atoms with Crippen molar-refractivity contribution in [2.45, 2.75) is 12.8 Å². The molecule has 4 heterocycles. The van der Waals surface area contributed by atoms with Crippen LogP contribution in [0.5, 0.6) is 0 Å². The Bertz CT molecular complexity index is 733. The van der Waals surface area contributed by atoms with Gasteiger partial charge in [0.1, 0.15) is 6.61 Å². The highest BCUT2D eigenvalue weighted by Crippen LogP contribution is 2.44. The molecule has 1 atom stereocenters. The molecule has 100 valence electrons. The zero-order valence-electron chi connectivity index (χ0n) is 10.8. The van der Waals surface area contributed by atoms with Gasteiger partial charge in [-0.15, -0.1) is 0 Å². The summed E-state index contributed by atoms with van der Waals surface area (Å²) in [6.45, 7) is 2.22. The van der Waals surface area contributed by atoms with Gasteiger partial charge in [-0.25, -0.2) is 4.79 Å². The van der Waals surface area contributed by atoms with E-state index < -0.39 is 0 Å². The van der Waals surface area contributed by atoms with Crippen LogP contribution in [0.15, 0.2) is 35.8 Å². The third-order valence-electron chi connectivity index (χ3n) is 3.75. The molecule has 4 rings (SSSR count). The number of nitrogens with zero attached hydrogens (tertiary/aromatic N) is 2. The quantitative estimate of drug-likeness (QED) is 0.766. The third-order valence-corrected chi connectivity index (χ3v) is 3.75. The summed E-state index contributed by atoms with van der Waals surface area (Å²) in [5, 5.41) is 10.4. The number of rotatable bonds is 1. The van der Waals surface area contributed by atoms with Crippen LogP contribution < -0.4 is 5.32 Å². The number of aromatic amines is 1. The third kappa shape index (κ3) is 1.41. The van der Waals surface area contributed by atoms with Crippen LogP contribution >= 0.6 is 0 Å². The number of hydrogen-bond acceptors (Lipinski definition) is 5. The van der Waals surface area contributed by atoms with Gasteiger partial charge in [-0.1, -0.05) is 6.07 Å². The number of anilines is 1. The van der Waals surface area contributed by atoms with Gasteiger partial charge in [-0.05, 0) is 18.6 Å². The van der Waals surface area contributed by atoms with Crippen LogP contribution in [-0.4, -0.2) is 27.8 Å². The number of hydrogen-bond donors (Lipinski definition) is 2. The van der Waals surface area contributed by atoms with Gasteiger partial charge in [0.05, 0.1) is 17.2 Å². The van der Waals surface area contributed by atoms with E-state index in [9.17, 15) is 4.79 Å². The Kier molecular flexibility index (Phi) is 2.20. The van der Waals surface area contributed by atoms with E-state index in [1.165, 1.54) is 0 Å². The topological polar surface area (TPSA) is 79.9 Å². The lowest BCUT2D eigenvalue weighted by Gasteiger charge is -2.23. The van der Waals surface area contributed by atoms with Crippen molar-refractivity contribution in [3.63, 3.8) is 0 Å². The fraction of sp³-hybridized carbons (Fsp3) is 0.214. The Morgan fingerprint density at radius 3 is 3.15 bits per heavy atom. The Labute approximate surface area is 114 Å². The van der Waals surface area contributed by atoms with Crippen molar-refractivity contribution in [3.05, 3.63) is 52.6 Å². The summed E-state index contributed by atoms with van der Waals surface area (Å²) >= 11 is 0. The lowest BCUT2D eigenvalue weighted by molar-refractivity contribution is -0.136. The van der Waals surface area contributed by atoms with Crippen molar-refractivity contribution in [3.8, 4) is 0 Å². The predicted molar refractivity (Wildman–Crippen MR) is 71.0 cm³/mol. The summed E-state index contributed by atoms with van der Waals surface area (Å²) in [5.41, 5.74) is 4.34. The van der Waals surface area contributed by atoms with Crippen molar-refractivity contribution >= 4 is 11.8 Å². The molecular formula is C14H12N4O2. The number of nitrogens with one attached hydrogen (secondary N) is 2. The van der Waals surface area contributed by atoms with Crippen molar-refractivity contribution in [2.24, 2.45) is 0 Å². The highest BCUT2D eigenvalue weighted by atomic mass is 16.5. The maximum absolute atomic E-state index is 12.1. The van der Waals surface area contributed by atoms with Gasteiger partial charge in [-0.2, -0.15) is 5.10 Å². The summed E-state index contributed by atoms with van der Waals surface area (Å²) in [6.07, 6.45) is 3.50. The SMILES string of the molecule is Cc1[nH]nc2c1[C@H](c1cccnc1)C1=C(COC1=O)N2. The zero-order chi connectivity index (χ0) is 13.7. The van der Waals surface area contributed by atoms with Crippen LogP contribution in [-0.2, 0) is 9.53 Å². The number of fused-ring (bicyclic) bond motifs is 1. The highest BCUT2D eigenvalue weighted by molar-refractivity contribution is 5.97. The lowest BCUT2D eigenvalue weighted by atomic mass is 9.83. The molecule has 2 N–H and O–H groups in total. The molecule has 0 saturated heterocycles. The van der Waals surface area contributed by atoms with E-state index in [4.69, 9.17) is 4.74 Å². The van der Waals surface area contributed by atoms with E-state index >= 15 is 0 Å². The smallest absolute Gasteiger partial charge is 0.337 e. The van der Waals surface area contributed by atoms with Crippen molar-refractivity contribution < 1.29 is 9.53 Å². The second-order valence-electron chi connectivity index (χ2n) is 4.92. The first kappa shape index (κ1) is 11.2. The Morgan fingerprint density at radius 1 is 1.45 bits per heavy atom. The van der Waals surface area contributed by atoms with Gasteiger partial charge in [0.2, 0.25) is 0 Å². The van der Waals surface area contributed by atoms with Crippen LogP contribution in [0.25, 0.3) is 0 Å². The number of pyridine rings is 1. The molecule has 2 aromatic rings. The molecule has 6 nitrogen and oxygen atoms in total. The molecule has 0 spiro atoms. The number of H-pyrrole nitrogens is 1. The summed E-state index contributed by atoms with van der Waals surface area (Å²) in [7, 11) is 0. The van der Waals surface area contributed by atoms with Crippen LogP contribution in [0, 0.1) is 6.92 Å². The van der Waals surface area contributed by atoms with Gasteiger partial charge in [0.25, 0.3) is 0 Å². The van der Waals surface area contributed by atoms with Crippen LogP contribution in [0.2, 0.25) is 0 Å². The zero-order valence-corrected chi connectivity index (χ0v) is 10.8. The number of aryl methyl sites for hydroxylation is 1. The summed E-state index contributed by atoms with van der Waals surface area (Å²) in [6, 6.07) is 3.84. The molecule has 0 fully saturated rings. The largest absolute Gasteiger partial charge is 0.456 e. The summed E-state index contributed by atoms with van der Waals surface area (Å²) in [5.74, 6) is 0.310. The predicted octanol–water partition coefficient (Wildman–Crippen LogP) is 1.48. The average Bonchev–Trinajstić information content (AvgIpc) is 3.03. The second-order valence-corrected chi connectivity index (χ2v) is 4.92. The standard InChI is InChI=1S/C14H12N4O2/c1-7-10-11(8-3-2-4-15-5-8)12-9(6-20-14(12)19)16-13(10)18-17-7/h2-5,11H,6H2,1H3,(H2,16,17,18)/t11-/m0/s1. The number of ether oxygens (including phenoxy) is 1. The average molecular weight is 268 g/mol. The molecule has 20 heavy (non-hydrogen) atoms. The number of aromatic nitrogens is 3. The fourth-order valence-electron chi connectivity index (χ4n) is 2.87. The lowest BCUT2D eigenvalue weighted by Crippen LogP contribution is -2.19. The fourth-order valence-corrected chi connectivity index (χ4v) is 2.87. The van der Waals surface area contributed by atoms with E-state index in [1.54, 1.807) is 12.4 Å². The maximum atomic E-state index is 12.1. The first-order valence-corrected chi connectivity index (χ1v) is 6.37. The number of carbonyl (C=O) groups excluding carboxylic acids is 1. The molecular weight excluding hydrogens is 256 g/mol. The van der Waals surface area contributed by atoms with Gasteiger partial charge in [0, 0.05) is 23.7 Å². The normalized spacial score (nSPS) is 20.2. The van der Waals surface area contributed by atoms with E-state index in [2.05, 4.69) is 20.5 Å². The molecule has 0 aliphatic carbocycles. The van der Waals surface area contributed by atoms with Crippen molar-refractivity contribution in [1.29, 1.82) is 0 Å². The van der Waals surface area contributed by atoms with E-state index in [0.717, 1.165) is 28.3 Å². The Hall–Kier alpha value is -2.63. The molecule has 2 aliphatic rings. The minimum absolute atomic E-state index is 0.177.